The summed E-state index contributed by atoms with van der Waals surface area (Å²) in [4.78, 5) is 2.35. The van der Waals surface area contributed by atoms with Crippen molar-refractivity contribution in [3.8, 4) is 0 Å². The molecule has 3 fully saturated rings. The van der Waals surface area contributed by atoms with Crippen molar-refractivity contribution in [1.29, 1.82) is 0 Å². The lowest BCUT2D eigenvalue weighted by Crippen LogP contribution is -2.67. The first kappa shape index (κ1) is 6.55. The molecule has 0 saturated carbocycles. The van der Waals surface area contributed by atoms with Gasteiger partial charge in [-0.15, -0.1) is 4.71 Å². The Bertz CT molecular complexity index is 141. The lowest BCUT2D eigenvalue weighted by molar-refractivity contribution is -1.08. The molecule has 2 bridgehead atoms. The molecule has 0 aromatic rings. The third-order valence-corrected chi connectivity index (χ3v) is 2.89. The molecule has 0 amide bonds. The number of fused-ring (bicyclic) bond motifs is 3. The second kappa shape index (κ2) is 1.92. The van der Waals surface area contributed by atoms with Gasteiger partial charge in [0.25, 0.3) is 0 Å². The van der Waals surface area contributed by atoms with Crippen molar-refractivity contribution >= 4 is 0 Å². The predicted octanol–water partition coefficient (Wildman–Crippen LogP) is 0.405. The first-order valence-corrected chi connectivity index (χ1v) is 3.99. The van der Waals surface area contributed by atoms with Gasteiger partial charge in [0.15, 0.2) is 0 Å². The summed E-state index contributed by atoms with van der Waals surface area (Å²) in [5.74, 6) is 0. The molecule has 0 aromatic carbocycles. The Labute approximate surface area is 60.7 Å². The molecule has 3 saturated heterocycles. The Morgan fingerprint density at radius 1 is 1.40 bits per heavy atom. The third kappa shape index (κ3) is 0.772. The van der Waals surface area contributed by atoms with Gasteiger partial charge >= 0.3 is 0 Å². The van der Waals surface area contributed by atoms with Gasteiger partial charge in [0.1, 0.15) is 19.1 Å². The van der Waals surface area contributed by atoms with Gasteiger partial charge in [0, 0.05) is 0 Å². The van der Waals surface area contributed by atoms with Crippen LogP contribution in [0.3, 0.4) is 0 Å². The van der Waals surface area contributed by atoms with E-state index in [0.29, 0.717) is 13.1 Å². The van der Waals surface area contributed by atoms with E-state index >= 15 is 0 Å². The van der Waals surface area contributed by atoms with Crippen molar-refractivity contribution in [1.82, 2.24) is 4.90 Å². The highest BCUT2D eigenvalue weighted by Gasteiger charge is 2.45. The lowest BCUT2D eigenvalue weighted by atomic mass is 10.1. The minimum atomic E-state index is -0.170. The quantitative estimate of drug-likeness (QED) is 0.446. The number of halogens is 1. The molecule has 58 valence electrons. The van der Waals surface area contributed by atoms with E-state index in [2.05, 4.69) is 4.90 Å². The van der Waals surface area contributed by atoms with Crippen LogP contribution in [0.15, 0.2) is 0 Å². The second-order valence-electron chi connectivity index (χ2n) is 3.52. The van der Waals surface area contributed by atoms with Crippen LogP contribution in [0, 0.1) is 0 Å². The van der Waals surface area contributed by atoms with Crippen LogP contribution < -0.4 is 0 Å². The SMILES string of the molecule is CC1CN2CC[N+]1(F)CC2. The monoisotopic (exact) mass is 145 g/mol. The fraction of sp³-hybridized carbons (Fsp3) is 1.00. The van der Waals surface area contributed by atoms with Gasteiger partial charge in [-0.05, 0) is 11.4 Å². The van der Waals surface area contributed by atoms with Gasteiger partial charge in [-0.3, -0.25) is 4.90 Å². The van der Waals surface area contributed by atoms with Crippen LogP contribution in [-0.2, 0) is 0 Å². The minimum Gasteiger partial charge on any atom is -0.286 e. The van der Waals surface area contributed by atoms with Crippen molar-refractivity contribution in [2.45, 2.75) is 13.0 Å². The third-order valence-electron chi connectivity index (χ3n) is 2.89. The van der Waals surface area contributed by atoms with Crippen molar-refractivity contribution in [2.75, 3.05) is 32.7 Å². The first-order chi connectivity index (χ1) is 4.71. The minimum absolute atomic E-state index is 0.170. The Balaban J connectivity index is 2.17. The molecule has 1 unspecified atom stereocenters. The van der Waals surface area contributed by atoms with Crippen molar-refractivity contribution in [3.05, 3.63) is 0 Å². The van der Waals surface area contributed by atoms with E-state index < -0.39 is 0 Å². The zero-order chi connectivity index (χ0) is 7.19. The smallest absolute Gasteiger partial charge is 0.135 e. The summed E-state index contributed by atoms with van der Waals surface area (Å²) in [6.07, 6.45) is 0. The molecule has 0 aromatic heterocycles. The number of piperazine rings is 3. The maximum absolute atomic E-state index is 13.6. The standard InChI is InChI=1S/C7H14FN2/c1-7-6-9-2-4-10(7,8)5-3-9/h7H,2-6H2,1H3/q+1. The lowest BCUT2D eigenvalue weighted by Gasteiger charge is -2.46. The molecular weight excluding hydrogens is 131 g/mol. The molecule has 0 spiro atoms. The van der Waals surface area contributed by atoms with Crippen LogP contribution in [0.25, 0.3) is 0 Å². The molecular formula is C7H14FN2+. The van der Waals surface area contributed by atoms with E-state index in [0.717, 1.165) is 19.6 Å². The molecule has 2 nitrogen and oxygen atoms in total. The molecule has 3 aliphatic rings. The maximum atomic E-state index is 13.6. The predicted molar refractivity (Wildman–Crippen MR) is 37.0 cm³/mol. The first-order valence-electron chi connectivity index (χ1n) is 3.99. The van der Waals surface area contributed by atoms with Crippen LogP contribution in [0.5, 0.6) is 0 Å². The van der Waals surface area contributed by atoms with Crippen molar-refractivity contribution in [3.63, 3.8) is 0 Å². The van der Waals surface area contributed by atoms with Crippen molar-refractivity contribution in [2.24, 2.45) is 0 Å². The van der Waals surface area contributed by atoms with Gasteiger partial charge in [0.2, 0.25) is 0 Å². The second-order valence-corrected chi connectivity index (χ2v) is 3.52. The van der Waals surface area contributed by atoms with Gasteiger partial charge in [0.05, 0.1) is 19.6 Å². The van der Waals surface area contributed by atoms with E-state index in [1.165, 1.54) is 0 Å². The number of hydrogen-bond acceptors (Lipinski definition) is 1. The molecule has 3 aliphatic heterocycles. The van der Waals surface area contributed by atoms with Crippen LogP contribution in [0.2, 0.25) is 0 Å². The average Bonchev–Trinajstić information content (AvgIpc) is 1.92. The largest absolute Gasteiger partial charge is 0.286 e. The summed E-state index contributed by atoms with van der Waals surface area (Å²) in [7, 11) is 0. The summed E-state index contributed by atoms with van der Waals surface area (Å²) in [6.45, 7) is 6.30. The average molecular weight is 145 g/mol. The molecule has 3 heteroatoms. The van der Waals surface area contributed by atoms with Crippen LogP contribution in [-0.4, -0.2) is 48.4 Å². The zero-order valence-corrected chi connectivity index (χ0v) is 6.39. The molecule has 10 heavy (non-hydrogen) atoms. The highest BCUT2D eigenvalue weighted by molar-refractivity contribution is 4.73. The Kier molecular flexibility index (Phi) is 1.26. The number of nitrogens with zero attached hydrogens (tertiary/aromatic N) is 2. The summed E-state index contributed by atoms with van der Waals surface area (Å²) in [6, 6.07) is 0.211. The Morgan fingerprint density at radius 2 is 2.00 bits per heavy atom. The summed E-state index contributed by atoms with van der Waals surface area (Å²) in [5, 5.41) is 0. The fourth-order valence-electron chi connectivity index (χ4n) is 1.98. The van der Waals surface area contributed by atoms with Crippen LogP contribution >= 0.6 is 0 Å². The van der Waals surface area contributed by atoms with Gasteiger partial charge < -0.3 is 0 Å². The highest BCUT2D eigenvalue weighted by atomic mass is 19.2. The fourth-order valence-corrected chi connectivity index (χ4v) is 1.98. The van der Waals surface area contributed by atoms with Gasteiger partial charge in [-0.1, -0.05) is 0 Å². The van der Waals surface area contributed by atoms with Crippen molar-refractivity contribution < 1.29 is 9.19 Å². The van der Waals surface area contributed by atoms with E-state index in [1.54, 1.807) is 0 Å². The van der Waals surface area contributed by atoms with E-state index in [-0.39, 0.29) is 10.7 Å². The van der Waals surface area contributed by atoms with E-state index in [1.807, 2.05) is 6.92 Å². The Hall–Kier alpha value is -0.150. The highest BCUT2D eigenvalue weighted by Crippen LogP contribution is 2.25. The maximum Gasteiger partial charge on any atom is 0.135 e. The molecule has 0 N–H and O–H groups in total. The molecule has 0 radical (unpaired) electrons. The normalized spacial score (nSPS) is 53.4. The van der Waals surface area contributed by atoms with Gasteiger partial charge in [-0.2, -0.15) is 0 Å². The number of hydrogen-bond donors (Lipinski definition) is 0. The summed E-state index contributed by atoms with van der Waals surface area (Å²) < 4.78 is 13.5. The zero-order valence-electron chi connectivity index (χ0n) is 6.39. The van der Waals surface area contributed by atoms with E-state index in [9.17, 15) is 4.48 Å². The molecule has 3 heterocycles. The number of rotatable bonds is 0. The molecule has 1 atom stereocenters. The van der Waals surface area contributed by atoms with E-state index in [4.69, 9.17) is 0 Å². The molecule has 0 aliphatic carbocycles. The topological polar surface area (TPSA) is 3.24 Å². The number of quaternary nitrogens is 1. The van der Waals surface area contributed by atoms with Crippen LogP contribution in [0.1, 0.15) is 6.92 Å². The van der Waals surface area contributed by atoms with Gasteiger partial charge in [-0.25, -0.2) is 0 Å². The molecule has 3 rings (SSSR count). The van der Waals surface area contributed by atoms with Crippen LogP contribution in [0.4, 0.5) is 4.48 Å². The Morgan fingerprint density at radius 3 is 2.30 bits per heavy atom. The summed E-state index contributed by atoms with van der Waals surface area (Å²) >= 11 is 0. The summed E-state index contributed by atoms with van der Waals surface area (Å²) in [5.41, 5.74) is 0.